The van der Waals surface area contributed by atoms with Crippen LogP contribution in [0.15, 0.2) is 40.6 Å². The third-order valence-corrected chi connectivity index (χ3v) is 6.82. The van der Waals surface area contributed by atoms with Crippen molar-refractivity contribution in [2.24, 2.45) is 0 Å². The van der Waals surface area contributed by atoms with E-state index >= 15 is 0 Å². The molecule has 0 unspecified atom stereocenters. The Morgan fingerprint density at radius 3 is 2.42 bits per heavy atom. The number of sulfonamides is 1. The Morgan fingerprint density at radius 1 is 1.19 bits per heavy atom. The van der Waals surface area contributed by atoms with Crippen LogP contribution in [-0.4, -0.2) is 24.3 Å². The standard InChI is InChI=1S/C19H15ClF3N3O3S2/c1-3-16(27)26-31(28,29)17-10(2)24-15(19(21,22)23)8-13(17)18-25-14(9-30-18)11-4-6-12(20)7-5-11/h4-9H,3H2,1-2H3,(H,26,27). The number of hydrogen-bond donors (Lipinski definition) is 1. The zero-order valence-corrected chi connectivity index (χ0v) is 18.5. The number of alkyl halides is 3. The number of nitrogens with zero attached hydrogens (tertiary/aromatic N) is 2. The van der Waals surface area contributed by atoms with E-state index < -0.39 is 38.4 Å². The maximum Gasteiger partial charge on any atom is 0.433 e. The van der Waals surface area contributed by atoms with Crippen LogP contribution in [0.4, 0.5) is 13.2 Å². The zero-order valence-electron chi connectivity index (χ0n) is 16.1. The number of halogens is 4. The number of benzene rings is 1. The molecule has 0 saturated carbocycles. The summed E-state index contributed by atoms with van der Waals surface area (Å²) in [7, 11) is -4.48. The molecule has 164 valence electrons. The highest BCUT2D eigenvalue weighted by Gasteiger charge is 2.36. The van der Waals surface area contributed by atoms with Crippen molar-refractivity contribution in [2.75, 3.05) is 0 Å². The molecule has 0 radical (unpaired) electrons. The monoisotopic (exact) mass is 489 g/mol. The molecule has 6 nitrogen and oxygen atoms in total. The van der Waals surface area contributed by atoms with Gasteiger partial charge in [0, 0.05) is 28.0 Å². The quantitative estimate of drug-likeness (QED) is 0.540. The average molecular weight is 490 g/mol. The molecule has 1 N–H and O–H groups in total. The van der Waals surface area contributed by atoms with Crippen LogP contribution in [0.2, 0.25) is 5.02 Å². The average Bonchev–Trinajstić information content (AvgIpc) is 3.16. The third kappa shape index (κ3) is 5.05. The molecule has 3 aromatic rings. The van der Waals surface area contributed by atoms with Gasteiger partial charge >= 0.3 is 6.18 Å². The first-order chi connectivity index (χ1) is 14.4. The van der Waals surface area contributed by atoms with E-state index in [4.69, 9.17) is 11.6 Å². The lowest BCUT2D eigenvalue weighted by atomic mass is 10.1. The zero-order chi connectivity index (χ0) is 23.0. The first kappa shape index (κ1) is 23.2. The van der Waals surface area contributed by atoms with Gasteiger partial charge in [-0.05, 0) is 25.1 Å². The predicted octanol–water partition coefficient (Wildman–Crippen LogP) is 5.07. The van der Waals surface area contributed by atoms with Gasteiger partial charge in [0.25, 0.3) is 10.0 Å². The Bertz CT molecular complexity index is 1240. The number of aromatic nitrogens is 2. The highest BCUT2D eigenvalue weighted by Crippen LogP contribution is 2.38. The van der Waals surface area contributed by atoms with Gasteiger partial charge in [-0.25, -0.2) is 23.1 Å². The number of hydrogen-bond acceptors (Lipinski definition) is 6. The van der Waals surface area contributed by atoms with Gasteiger partial charge in [-0.15, -0.1) is 11.3 Å². The molecule has 31 heavy (non-hydrogen) atoms. The van der Waals surface area contributed by atoms with Crippen LogP contribution in [0, 0.1) is 6.92 Å². The van der Waals surface area contributed by atoms with E-state index in [1.54, 1.807) is 29.6 Å². The highest BCUT2D eigenvalue weighted by molar-refractivity contribution is 7.90. The maximum absolute atomic E-state index is 13.4. The van der Waals surface area contributed by atoms with Gasteiger partial charge in [-0.3, -0.25) is 4.79 Å². The summed E-state index contributed by atoms with van der Waals surface area (Å²) in [5.74, 6) is -0.800. The number of thiazole rings is 1. The normalized spacial score (nSPS) is 12.1. The lowest BCUT2D eigenvalue weighted by molar-refractivity contribution is -0.141. The molecule has 3 rings (SSSR count). The van der Waals surface area contributed by atoms with E-state index in [0.29, 0.717) is 22.3 Å². The van der Waals surface area contributed by atoms with Gasteiger partial charge < -0.3 is 0 Å². The van der Waals surface area contributed by atoms with Gasteiger partial charge in [0.15, 0.2) is 0 Å². The summed E-state index contributed by atoms with van der Waals surface area (Å²) in [6.07, 6.45) is -4.93. The van der Waals surface area contributed by atoms with Crippen LogP contribution >= 0.6 is 22.9 Å². The van der Waals surface area contributed by atoms with Crippen LogP contribution < -0.4 is 4.72 Å². The summed E-state index contributed by atoms with van der Waals surface area (Å²) in [5.41, 5.74) is -0.868. The van der Waals surface area contributed by atoms with Gasteiger partial charge in [0.1, 0.15) is 15.6 Å². The highest BCUT2D eigenvalue weighted by atomic mass is 35.5. The summed E-state index contributed by atoms with van der Waals surface area (Å²) in [5, 5.41) is 2.12. The molecule has 0 aliphatic carbocycles. The number of aryl methyl sites for hydroxylation is 1. The van der Waals surface area contributed by atoms with Crippen molar-refractivity contribution in [3.63, 3.8) is 0 Å². The van der Waals surface area contributed by atoms with E-state index in [9.17, 15) is 26.4 Å². The van der Waals surface area contributed by atoms with Crippen molar-refractivity contribution in [3.8, 4) is 21.8 Å². The summed E-state index contributed by atoms with van der Waals surface area (Å²) >= 11 is 6.84. The number of carbonyl (C=O) groups excluding carboxylic acids is 1. The minimum absolute atomic E-state index is 0.0327. The van der Waals surface area contributed by atoms with Gasteiger partial charge in [-0.2, -0.15) is 13.2 Å². The lowest BCUT2D eigenvalue weighted by Crippen LogP contribution is -2.31. The molecular weight excluding hydrogens is 475 g/mol. The van der Waals surface area contributed by atoms with Crippen molar-refractivity contribution in [3.05, 3.63) is 52.1 Å². The number of pyridine rings is 1. The summed E-state index contributed by atoms with van der Waals surface area (Å²) in [6, 6.07) is 7.25. The first-order valence-electron chi connectivity index (χ1n) is 8.78. The molecule has 0 spiro atoms. The number of rotatable bonds is 5. The molecule has 0 bridgehead atoms. The molecule has 2 aromatic heterocycles. The molecule has 0 aliphatic heterocycles. The topological polar surface area (TPSA) is 89.0 Å². The molecular formula is C19H15ClF3N3O3S2. The summed E-state index contributed by atoms with van der Waals surface area (Å²) in [6.45, 7) is 2.58. The molecule has 0 atom stereocenters. The molecule has 2 heterocycles. The van der Waals surface area contributed by atoms with Crippen LogP contribution in [0.3, 0.4) is 0 Å². The fourth-order valence-electron chi connectivity index (χ4n) is 2.73. The first-order valence-corrected chi connectivity index (χ1v) is 11.5. The van der Waals surface area contributed by atoms with Gasteiger partial charge in [0.05, 0.1) is 11.4 Å². The minimum atomic E-state index is -4.80. The van der Waals surface area contributed by atoms with E-state index in [2.05, 4.69) is 9.97 Å². The van der Waals surface area contributed by atoms with Gasteiger partial charge in [-0.1, -0.05) is 30.7 Å². The Morgan fingerprint density at radius 2 is 1.84 bits per heavy atom. The van der Waals surface area contributed by atoms with E-state index in [1.807, 2.05) is 4.72 Å². The van der Waals surface area contributed by atoms with E-state index in [-0.39, 0.29) is 17.0 Å². The number of nitrogens with one attached hydrogen (secondary N) is 1. The molecule has 1 amide bonds. The van der Waals surface area contributed by atoms with Crippen molar-refractivity contribution in [1.82, 2.24) is 14.7 Å². The molecule has 0 saturated heterocycles. The summed E-state index contributed by atoms with van der Waals surface area (Å²) < 4.78 is 67.5. The fourth-order valence-corrected chi connectivity index (χ4v) is 5.20. The maximum atomic E-state index is 13.4. The Balaban J connectivity index is 2.21. The SMILES string of the molecule is CCC(=O)NS(=O)(=O)c1c(-c2nc(-c3ccc(Cl)cc3)cs2)cc(C(F)(F)F)nc1C. The second-order valence-electron chi connectivity index (χ2n) is 6.39. The number of carbonyl (C=O) groups is 1. The molecule has 1 aromatic carbocycles. The second kappa shape index (κ2) is 8.56. The molecule has 0 fully saturated rings. The summed E-state index contributed by atoms with van der Waals surface area (Å²) in [4.78, 5) is 18.9. The third-order valence-electron chi connectivity index (χ3n) is 4.15. The van der Waals surface area contributed by atoms with Gasteiger partial charge in [0.2, 0.25) is 5.91 Å². The van der Waals surface area contributed by atoms with Crippen molar-refractivity contribution in [1.29, 1.82) is 0 Å². The Hall–Kier alpha value is -2.50. The minimum Gasteiger partial charge on any atom is -0.274 e. The van der Waals surface area contributed by atoms with Crippen LogP contribution in [-0.2, 0) is 21.0 Å². The van der Waals surface area contributed by atoms with E-state index in [0.717, 1.165) is 18.3 Å². The van der Waals surface area contributed by atoms with Crippen LogP contribution in [0.5, 0.6) is 0 Å². The molecule has 0 aliphatic rings. The fraction of sp³-hybridized carbons (Fsp3) is 0.211. The predicted molar refractivity (Wildman–Crippen MR) is 111 cm³/mol. The second-order valence-corrected chi connectivity index (χ2v) is 9.31. The number of amides is 1. The lowest BCUT2D eigenvalue weighted by Gasteiger charge is -2.15. The van der Waals surface area contributed by atoms with Crippen LogP contribution in [0.1, 0.15) is 24.7 Å². The smallest absolute Gasteiger partial charge is 0.274 e. The van der Waals surface area contributed by atoms with Crippen molar-refractivity contribution < 1.29 is 26.4 Å². The Kier molecular flexibility index (Phi) is 6.40. The van der Waals surface area contributed by atoms with Crippen LogP contribution in [0.25, 0.3) is 21.8 Å². The molecule has 12 heteroatoms. The van der Waals surface area contributed by atoms with Crippen molar-refractivity contribution >= 4 is 38.9 Å². The Labute approximate surface area is 185 Å². The largest absolute Gasteiger partial charge is 0.433 e. The van der Waals surface area contributed by atoms with Crippen molar-refractivity contribution in [2.45, 2.75) is 31.3 Å². The van der Waals surface area contributed by atoms with E-state index in [1.165, 1.54) is 6.92 Å².